The Hall–Kier alpha value is -1.99. The van der Waals surface area contributed by atoms with E-state index in [-0.39, 0.29) is 24.0 Å². The van der Waals surface area contributed by atoms with E-state index >= 15 is 0 Å². The molecule has 0 bridgehead atoms. The van der Waals surface area contributed by atoms with Gasteiger partial charge in [0.05, 0.1) is 5.54 Å². The van der Waals surface area contributed by atoms with Gasteiger partial charge in [0, 0.05) is 5.69 Å². The van der Waals surface area contributed by atoms with Crippen LogP contribution in [0.2, 0.25) is 0 Å². The van der Waals surface area contributed by atoms with Crippen LogP contribution in [0.25, 0.3) is 5.69 Å². The second kappa shape index (κ2) is 7.06. The minimum Gasteiger partial charge on any atom is -0.324 e. The van der Waals surface area contributed by atoms with Crippen molar-refractivity contribution in [1.29, 1.82) is 0 Å². The molecule has 1 fully saturated rings. The number of benzene rings is 1. The zero-order chi connectivity index (χ0) is 15.6. The lowest BCUT2D eigenvalue weighted by Crippen LogP contribution is -2.52. The SMILES string of the molecule is Cl.NC1(C(=O)Nc2ccc(-n3cncn3)c(F)c2)CCCCC1. The van der Waals surface area contributed by atoms with Crippen molar-refractivity contribution in [1.82, 2.24) is 14.8 Å². The predicted octanol–water partition coefficient (Wildman–Crippen LogP) is 2.43. The van der Waals surface area contributed by atoms with Crippen molar-refractivity contribution in [3.8, 4) is 5.69 Å². The van der Waals surface area contributed by atoms with E-state index in [1.54, 1.807) is 12.1 Å². The maximum Gasteiger partial charge on any atom is 0.244 e. The van der Waals surface area contributed by atoms with Crippen molar-refractivity contribution in [2.24, 2.45) is 5.73 Å². The lowest BCUT2D eigenvalue weighted by molar-refractivity contribution is -0.122. The first kappa shape index (κ1) is 17.4. The second-order valence-corrected chi connectivity index (χ2v) is 5.68. The largest absolute Gasteiger partial charge is 0.324 e. The number of carbonyl (C=O) groups is 1. The number of amides is 1. The summed E-state index contributed by atoms with van der Waals surface area (Å²) in [6.45, 7) is 0. The molecule has 6 nitrogen and oxygen atoms in total. The highest BCUT2D eigenvalue weighted by atomic mass is 35.5. The monoisotopic (exact) mass is 339 g/mol. The van der Waals surface area contributed by atoms with Gasteiger partial charge >= 0.3 is 0 Å². The van der Waals surface area contributed by atoms with Crippen molar-refractivity contribution in [3.05, 3.63) is 36.7 Å². The van der Waals surface area contributed by atoms with Gasteiger partial charge in [-0.05, 0) is 31.0 Å². The molecule has 0 aliphatic heterocycles. The molecule has 8 heteroatoms. The molecular weight excluding hydrogens is 321 g/mol. The molecule has 1 aliphatic carbocycles. The standard InChI is InChI=1S/C15H18FN5O.ClH/c16-12-8-11(4-5-13(12)21-10-18-9-19-21)20-14(22)15(17)6-2-1-3-7-15;/h4-5,8-10H,1-3,6-7,17H2,(H,20,22);1H. The summed E-state index contributed by atoms with van der Waals surface area (Å²) in [7, 11) is 0. The van der Waals surface area contributed by atoms with E-state index in [1.165, 1.54) is 23.4 Å². The first-order valence-electron chi connectivity index (χ1n) is 7.33. The van der Waals surface area contributed by atoms with Gasteiger partial charge in [0.2, 0.25) is 5.91 Å². The predicted molar refractivity (Wildman–Crippen MR) is 87.2 cm³/mol. The lowest BCUT2D eigenvalue weighted by Gasteiger charge is -2.31. The van der Waals surface area contributed by atoms with Gasteiger partial charge in [-0.3, -0.25) is 4.79 Å². The van der Waals surface area contributed by atoms with E-state index < -0.39 is 11.4 Å². The topological polar surface area (TPSA) is 85.8 Å². The average Bonchev–Trinajstić information content (AvgIpc) is 3.02. The second-order valence-electron chi connectivity index (χ2n) is 5.68. The van der Waals surface area contributed by atoms with Crippen molar-refractivity contribution in [3.63, 3.8) is 0 Å². The maximum absolute atomic E-state index is 14.1. The molecule has 1 aromatic carbocycles. The van der Waals surface area contributed by atoms with Crippen LogP contribution in [-0.2, 0) is 4.79 Å². The van der Waals surface area contributed by atoms with Crippen molar-refractivity contribution < 1.29 is 9.18 Å². The Morgan fingerprint density at radius 2 is 2.04 bits per heavy atom. The summed E-state index contributed by atoms with van der Waals surface area (Å²) in [5, 5.41) is 6.60. The van der Waals surface area contributed by atoms with E-state index in [1.807, 2.05) is 0 Å². The zero-order valence-electron chi connectivity index (χ0n) is 12.5. The summed E-state index contributed by atoms with van der Waals surface area (Å²) in [6, 6.07) is 4.44. The molecule has 1 amide bonds. The van der Waals surface area contributed by atoms with E-state index in [2.05, 4.69) is 15.4 Å². The number of rotatable bonds is 3. The molecule has 1 aliphatic rings. The molecule has 0 radical (unpaired) electrons. The van der Waals surface area contributed by atoms with Gasteiger partial charge in [0.15, 0.2) is 5.82 Å². The van der Waals surface area contributed by atoms with E-state index in [4.69, 9.17) is 5.73 Å². The van der Waals surface area contributed by atoms with E-state index in [0.717, 1.165) is 19.3 Å². The van der Waals surface area contributed by atoms with Crippen LogP contribution in [0.1, 0.15) is 32.1 Å². The van der Waals surface area contributed by atoms with Gasteiger partial charge in [-0.1, -0.05) is 19.3 Å². The van der Waals surface area contributed by atoms with Crippen molar-refractivity contribution in [2.45, 2.75) is 37.6 Å². The van der Waals surface area contributed by atoms with Gasteiger partial charge in [-0.2, -0.15) is 5.10 Å². The Morgan fingerprint density at radius 1 is 1.30 bits per heavy atom. The van der Waals surface area contributed by atoms with Crippen molar-refractivity contribution >= 4 is 24.0 Å². The van der Waals surface area contributed by atoms with Crippen LogP contribution in [0.4, 0.5) is 10.1 Å². The molecule has 0 spiro atoms. The van der Waals surface area contributed by atoms with E-state index in [0.29, 0.717) is 18.5 Å². The van der Waals surface area contributed by atoms with Crippen LogP contribution in [-0.4, -0.2) is 26.2 Å². The molecule has 0 saturated heterocycles. The zero-order valence-corrected chi connectivity index (χ0v) is 13.4. The Balaban J connectivity index is 0.00000192. The summed E-state index contributed by atoms with van der Waals surface area (Å²) in [6.07, 6.45) is 7.07. The van der Waals surface area contributed by atoms with Gasteiger partial charge in [-0.25, -0.2) is 14.1 Å². The molecule has 124 valence electrons. The number of nitrogens with one attached hydrogen (secondary N) is 1. The summed E-state index contributed by atoms with van der Waals surface area (Å²) >= 11 is 0. The molecule has 3 N–H and O–H groups in total. The third-order valence-corrected chi connectivity index (χ3v) is 4.07. The Morgan fingerprint density at radius 3 is 2.65 bits per heavy atom. The number of nitrogens with two attached hydrogens (primary N) is 1. The van der Waals surface area contributed by atoms with Crippen LogP contribution >= 0.6 is 12.4 Å². The van der Waals surface area contributed by atoms with Gasteiger partial charge in [-0.15, -0.1) is 12.4 Å². The van der Waals surface area contributed by atoms with Crippen LogP contribution < -0.4 is 11.1 Å². The molecule has 3 rings (SSSR count). The highest BCUT2D eigenvalue weighted by molar-refractivity contribution is 5.98. The molecule has 2 aromatic rings. The Bertz CT molecular complexity index is 671. The number of aromatic nitrogens is 3. The number of anilines is 1. The fraction of sp³-hybridized carbons (Fsp3) is 0.400. The fourth-order valence-electron chi connectivity index (χ4n) is 2.77. The average molecular weight is 340 g/mol. The van der Waals surface area contributed by atoms with Gasteiger partial charge in [0.25, 0.3) is 0 Å². The molecule has 1 aromatic heterocycles. The molecular formula is C15H19ClFN5O. The first-order valence-corrected chi connectivity index (χ1v) is 7.33. The third-order valence-electron chi connectivity index (χ3n) is 4.07. The quantitative estimate of drug-likeness (QED) is 0.899. The Labute approximate surface area is 139 Å². The van der Waals surface area contributed by atoms with Crippen LogP contribution in [0.15, 0.2) is 30.9 Å². The van der Waals surface area contributed by atoms with E-state index in [9.17, 15) is 9.18 Å². The smallest absolute Gasteiger partial charge is 0.244 e. The number of nitrogens with zero attached hydrogens (tertiary/aromatic N) is 3. The normalized spacial score (nSPS) is 16.4. The summed E-state index contributed by atoms with van der Waals surface area (Å²) in [5.74, 6) is -0.738. The maximum atomic E-state index is 14.1. The molecule has 0 atom stereocenters. The highest BCUT2D eigenvalue weighted by Crippen LogP contribution is 2.27. The number of hydrogen-bond acceptors (Lipinski definition) is 4. The van der Waals surface area contributed by atoms with Crippen LogP contribution in [0, 0.1) is 5.82 Å². The minimum absolute atomic E-state index is 0. The van der Waals surface area contributed by atoms with Gasteiger partial charge in [0.1, 0.15) is 18.3 Å². The number of hydrogen-bond donors (Lipinski definition) is 2. The lowest BCUT2D eigenvalue weighted by atomic mass is 9.82. The highest BCUT2D eigenvalue weighted by Gasteiger charge is 2.35. The fourth-order valence-corrected chi connectivity index (χ4v) is 2.77. The molecule has 1 heterocycles. The van der Waals surface area contributed by atoms with Crippen LogP contribution in [0.5, 0.6) is 0 Å². The summed E-state index contributed by atoms with van der Waals surface area (Å²) < 4.78 is 15.5. The summed E-state index contributed by atoms with van der Waals surface area (Å²) in [4.78, 5) is 16.1. The Kier molecular flexibility index (Phi) is 5.33. The minimum atomic E-state index is -0.848. The first-order chi connectivity index (χ1) is 10.6. The van der Waals surface area contributed by atoms with Crippen molar-refractivity contribution in [2.75, 3.05) is 5.32 Å². The molecule has 1 saturated carbocycles. The third kappa shape index (κ3) is 3.68. The van der Waals surface area contributed by atoms with Crippen LogP contribution in [0.3, 0.4) is 0 Å². The number of carbonyl (C=O) groups excluding carboxylic acids is 1. The number of halogens is 2. The molecule has 0 unspecified atom stereocenters. The molecule has 23 heavy (non-hydrogen) atoms. The van der Waals surface area contributed by atoms with Gasteiger partial charge < -0.3 is 11.1 Å². The summed E-state index contributed by atoms with van der Waals surface area (Å²) in [5.41, 5.74) is 5.98.